The molecule has 4 heteroatoms. The van der Waals surface area contributed by atoms with Crippen LogP contribution in [0.2, 0.25) is 0 Å². The summed E-state index contributed by atoms with van der Waals surface area (Å²) in [5.74, 6) is 0.905. The van der Waals surface area contributed by atoms with Crippen molar-refractivity contribution >= 4 is 31.9 Å². The van der Waals surface area contributed by atoms with E-state index in [-0.39, 0.29) is 5.60 Å². The quantitative estimate of drug-likeness (QED) is 0.617. The van der Waals surface area contributed by atoms with Crippen molar-refractivity contribution in [2.24, 2.45) is 0 Å². The van der Waals surface area contributed by atoms with Gasteiger partial charge in [-0.2, -0.15) is 0 Å². The molecule has 0 radical (unpaired) electrons. The van der Waals surface area contributed by atoms with Crippen LogP contribution in [0.5, 0.6) is 5.75 Å². The highest BCUT2D eigenvalue weighted by Gasteiger charge is 2.39. The van der Waals surface area contributed by atoms with Gasteiger partial charge in [-0.3, -0.25) is 0 Å². The standard InChI is InChI=1S/C15H20Br2O2/c1-3-19-11-5-6-12(13(16)9-11)14(17)10-15(18-2)7-4-8-15/h5-6,9,14H,3-4,7-8,10H2,1-2H3. The molecule has 1 fully saturated rings. The van der Waals surface area contributed by atoms with Crippen LogP contribution in [0.15, 0.2) is 22.7 Å². The second-order valence-corrected chi connectivity index (χ2v) is 6.99. The Morgan fingerprint density at radius 1 is 1.37 bits per heavy atom. The third-order valence-corrected chi connectivity index (χ3v) is 5.37. The van der Waals surface area contributed by atoms with E-state index in [1.54, 1.807) is 0 Å². The maximum Gasteiger partial charge on any atom is 0.120 e. The summed E-state index contributed by atoms with van der Waals surface area (Å²) in [5, 5.41) is 0. The zero-order chi connectivity index (χ0) is 13.9. The summed E-state index contributed by atoms with van der Waals surface area (Å²) in [6.45, 7) is 2.68. The predicted molar refractivity (Wildman–Crippen MR) is 85.2 cm³/mol. The second-order valence-electron chi connectivity index (χ2n) is 5.03. The van der Waals surface area contributed by atoms with Gasteiger partial charge in [0.2, 0.25) is 0 Å². The number of benzene rings is 1. The first kappa shape index (κ1) is 15.3. The van der Waals surface area contributed by atoms with Crippen LogP contribution in [0.3, 0.4) is 0 Å². The molecule has 1 unspecified atom stereocenters. The van der Waals surface area contributed by atoms with Crippen molar-refractivity contribution in [3.8, 4) is 5.75 Å². The maximum atomic E-state index is 5.70. The van der Waals surface area contributed by atoms with Crippen LogP contribution in [0, 0.1) is 0 Å². The molecule has 0 spiro atoms. The van der Waals surface area contributed by atoms with Crippen molar-refractivity contribution in [1.29, 1.82) is 0 Å². The van der Waals surface area contributed by atoms with Gasteiger partial charge in [0, 0.05) is 16.4 Å². The molecule has 0 aromatic heterocycles. The van der Waals surface area contributed by atoms with E-state index in [0.29, 0.717) is 11.4 Å². The Balaban J connectivity index is 2.08. The molecule has 2 nitrogen and oxygen atoms in total. The van der Waals surface area contributed by atoms with Crippen LogP contribution in [0.25, 0.3) is 0 Å². The Morgan fingerprint density at radius 3 is 2.58 bits per heavy atom. The summed E-state index contributed by atoms with van der Waals surface area (Å²) < 4.78 is 12.3. The highest BCUT2D eigenvalue weighted by Crippen LogP contribution is 2.46. The van der Waals surface area contributed by atoms with E-state index in [1.165, 1.54) is 24.8 Å². The fraction of sp³-hybridized carbons (Fsp3) is 0.600. The maximum absolute atomic E-state index is 5.70. The smallest absolute Gasteiger partial charge is 0.120 e. The lowest BCUT2D eigenvalue weighted by molar-refractivity contribution is -0.0773. The molecule has 1 saturated carbocycles. The van der Waals surface area contributed by atoms with E-state index >= 15 is 0 Å². The first-order chi connectivity index (χ1) is 9.10. The summed E-state index contributed by atoms with van der Waals surface area (Å²) in [6.07, 6.45) is 4.62. The largest absolute Gasteiger partial charge is 0.494 e. The predicted octanol–water partition coefficient (Wildman–Crippen LogP) is 5.24. The van der Waals surface area contributed by atoms with Gasteiger partial charge in [-0.1, -0.05) is 37.9 Å². The van der Waals surface area contributed by atoms with Crippen molar-refractivity contribution in [1.82, 2.24) is 0 Å². The minimum Gasteiger partial charge on any atom is -0.494 e. The van der Waals surface area contributed by atoms with Gasteiger partial charge in [-0.15, -0.1) is 0 Å². The van der Waals surface area contributed by atoms with Crippen molar-refractivity contribution in [2.75, 3.05) is 13.7 Å². The molecule has 0 aliphatic heterocycles. The van der Waals surface area contributed by atoms with Gasteiger partial charge in [-0.25, -0.2) is 0 Å². The van der Waals surface area contributed by atoms with Crippen molar-refractivity contribution < 1.29 is 9.47 Å². The Bertz CT molecular complexity index is 425. The fourth-order valence-corrected chi connectivity index (χ4v) is 4.45. The number of hydrogen-bond acceptors (Lipinski definition) is 2. The number of ether oxygens (including phenoxy) is 2. The normalized spacial score (nSPS) is 18.7. The Labute approximate surface area is 132 Å². The highest BCUT2D eigenvalue weighted by molar-refractivity contribution is 9.11. The molecular weight excluding hydrogens is 372 g/mol. The number of methoxy groups -OCH3 is 1. The first-order valence-electron chi connectivity index (χ1n) is 6.72. The van der Waals surface area contributed by atoms with E-state index in [0.717, 1.165) is 16.6 Å². The van der Waals surface area contributed by atoms with Gasteiger partial charge in [0.15, 0.2) is 0 Å². The molecule has 0 bridgehead atoms. The molecule has 1 aliphatic carbocycles. The van der Waals surface area contributed by atoms with E-state index in [4.69, 9.17) is 9.47 Å². The third kappa shape index (κ3) is 3.53. The zero-order valence-electron chi connectivity index (χ0n) is 11.4. The second kappa shape index (κ2) is 6.59. The molecule has 1 aliphatic rings. The van der Waals surface area contributed by atoms with Crippen LogP contribution in [-0.4, -0.2) is 19.3 Å². The fourth-order valence-electron chi connectivity index (χ4n) is 2.52. The lowest BCUT2D eigenvalue weighted by Crippen LogP contribution is -2.39. The Morgan fingerprint density at radius 2 is 2.11 bits per heavy atom. The van der Waals surface area contributed by atoms with Gasteiger partial charge >= 0.3 is 0 Å². The molecule has 19 heavy (non-hydrogen) atoms. The lowest BCUT2D eigenvalue weighted by atomic mass is 9.76. The minimum absolute atomic E-state index is 0.0756. The highest BCUT2D eigenvalue weighted by atomic mass is 79.9. The molecule has 1 aromatic rings. The molecule has 0 amide bonds. The zero-order valence-corrected chi connectivity index (χ0v) is 14.6. The average molecular weight is 392 g/mol. The van der Waals surface area contributed by atoms with Gasteiger partial charge in [0.1, 0.15) is 5.75 Å². The number of hydrogen-bond donors (Lipinski definition) is 0. The van der Waals surface area contributed by atoms with Crippen LogP contribution in [0.4, 0.5) is 0 Å². The van der Waals surface area contributed by atoms with Crippen LogP contribution in [0.1, 0.15) is 43.0 Å². The number of rotatable bonds is 6. The monoisotopic (exact) mass is 390 g/mol. The van der Waals surface area contributed by atoms with Gasteiger partial charge in [-0.05, 0) is 50.3 Å². The first-order valence-corrected chi connectivity index (χ1v) is 8.42. The summed E-state index contributed by atoms with van der Waals surface area (Å²) >= 11 is 7.44. The van der Waals surface area contributed by atoms with Gasteiger partial charge < -0.3 is 9.47 Å². The van der Waals surface area contributed by atoms with E-state index in [9.17, 15) is 0 Å². The molecule has 1 atom stereocenters. The molecule has 0 N–H and O–H groups in total. The summed E-state index contributed by atoms with van der Waals surface area (Å²) in [5.41, 5.74) is 1.33. The lowest BCUT2D eigenvalue weighted by Gasteiger charge is -2.42. The van der Waals surface area contributed by atoms with E-state index in [2.05, 4.69) is 37.9 Å². The van der Waals surface area contributed by atoms with Crippen LogP contribution in [-0.2, 0) is 4.74 Å². The van der Waals surface area contributed by atoms with E-state index < -0.39 is 0 Å². The van der Waals surface area contributed by atoms with Crippen molar-refractivity contribution in [3.05, 3.63) is 28.2 Å². The number of halogens is 2. The molecular formula is C15H20Br2O2. The van der Waals surface area contributed by atoms with Crippen LogP contribution < -0.4 is 4.74 Å². The average Bonchev–Trinajstić information content (AvgIpc) is 2.34. The SMILES string of the molecule is CCOc1ccc(C(Br)CC2(OC)CCC2)c(Br)c1. The summed E-state index contributed by atoms with van der Waals surface area (Å²) in [7, 11) is 1.83. The molecule has 106 valence electrons. The van der Waals surface area contributed by atoms with Crippen LogP contribution >= 0.6 is 31.9 Å². The Kier molecular flexibility index (Phi) is 5.32. The summed E-state index contributed by atoms with van der Waals surface area (Å²) in [6, 6.07) is 6.18. The van der Waals surface area contributed by atoms with Gasteiger partial charge in [0.05, 0.1) is 12.2 Å². The van der Waals surface area contributed by atoms with Crippen molar-refractivity contribution in [3.63, 3.8) is 0 Å². The Hall–Kier alpha value is -0.0600. The third-order valence-electron chi connectivity index (χ3n) is 3.87. The van der Waals surface area contributed by atoms with Crippen molar-refractivity contribution in [2.45, 2.75) is 43.0 Å². The molecule has 1 aromatic carbocycles. The molecule has 0 heterocycles. The number of alkyl halides is 1. The van der Waals surface area contributed by atoms with Gasteiger partial charge in [0.25, 0.3) is 0 Å². The molecule has 0 saturated heterocycles. The van der Waals surface area contributed by atoms with E-state index in [1.807, 2.05) is 26.2 Å². The molecule has 2 rings (SSSR count). The minimum atomic E-state index is 0.0756. The summed E-state index contributed by atoms with van der Waals surface area (Å²) in [4.78, 5) is 0.304. The topological polar surface area (TPSA) is 18.5 Å².